The Morgan fingerprint density at radius 2 is 2.19 bits per heavy atom. The lowest BCUT2D eigenvalue weighted by Gasteiger charge is -2.30. The Labute approximate surface area is 130 Å². The van der Waals surface area contributed by atoms with E-state index in [0.29, 0.717) is 12.5 Å². The summed E-state index contributed by atoms with van der Waals surface area (Å²) in [5.74, 6) is 0.533. The number of nitrogens with zero attached hydrogens (tertiary/aromatic N) is 1. The Morgan fingerprint density at radius 1 is 1.48 bits per heavy atom. The molecule has 1 heterocycles. The van der Waals surface area contributed by atoms with Crippen molar-refractivity contribution < 1.29 is 14.3 Å². The van der Waals surface area contributed by atoms with Crippen molar-refractivity contribution in [2.75, 3.05) is 33.4 Å². The minimum absolute atomic E-state index is 0.00237. The van der Waals surface area contributed by atoms with E-state index >= 15 is 0 Å². The summed E-state index contributed by atoms with van der Waals surface area (Å²) < 4.78 is 10.4. The summed E-state index contributed by atoms with van der Waals surface area (Å²) in [5, 5.41) is 0. The Balaban J connectivity index is 2.44. The lowest BCUT2D eigenvalue weighted by Crippen LogP contribution is -2.44. The van der Waals surface area contributed by atoms with E-state index in [9.17, 15) is 4.79 Å². The number of ether oxygens (including phenoxy) is 2. The Bertz CT molecular complexity index is 315. The topological polar surface area (TPSA) is 64.8 Å². The molecule has 5 nitrogen and oxygen atoms in total. The van der Waals surface area contributed by atoms with Crippen molar-refractivity contribution in [3.63, 3.8) is 0 Å². The average molecular weight is 317 g/mol. The van der Waals surface area contributed by atoms with Crippen molar-refractivity contribution in [2.45, 2.75) is 51.0 Å². The summed E-state index contributed by atoms with van der Waals surface area (Å²) >= 11 is 0. The molecule has 0 radical (unpaired) electrons. The van der Waals surface area contributed by atoms with Crippen molar-refractivity contribution in [3.8, 4) is 0 Å². The smallest absolute Gasteiger partial charge is 0.409 e. The predicted molar refractivity (Wildman–Crippen MR) is 88.3 cm³/mol. The molecule has 6 heteroatoms. The van der Waals surface area contributed by atoms with Crippen LogP contribution in [0.2, 0.25) is 25.7 Å². The van der Waals surface area contributed by atoms with Gasteiger partial charge in [-0.3, -0.25) is 0 Å². The highest BCUT2D eigenvalue weighted by atomic mass is 28.3. The van der Waals surface area contributed by atoms with Gasteiger partial charge in [-0.25, -0.2) is 4.79 Å². The largest absolute Gasteiger partial charge is 0.453 e. The molecule has 0 unspecified atom stereocenters. The highest BCUT2D eigenvalue weighted by Gasteiger charge is 2.23. The Morgan fingerprint density at radius 3 is 2.71 bits per heavy atom. The van der Waals surface area contributed by atoms with Crippen LogP contribution in [0.3, 0.4) is 0 Å². The molecule has 1 amide bonds. The van der Waals surface area contributed by atoms with Crippen LogP contribution in [0.4, 0.5) is 4.79 Å². The van der Waals surface area contributed by atoms with Gasteiger partial charge >= 0.3 is 6.09 Å². The van der Waals surface area contributed by atoms with Crippen LogP contribution < -0.4 is 5.73 Å². The highest BCUT2D eigenvalue weighted by Crippen LogP contribution is 2.19. The Kier molecular flexibility index (Phi) is 7.69. The zero-order valence-electron chi connectivity index (χ0n) is 14.1. The van der Waals surface area contributed by atoms with E-state index in [-0.39, 0.29) is 12.1 Å². The fourth-order valence-corrected chi connectivity index (χ4v) is 3.58. The monoisotopic (exact) mass is 316 g/mol. The molecule has 0 bridgehead atoms. The lowest BCUT2D eigenvalue weighted by atomic mass is 9.94. The molecular weight excluding hydrogens is 284 g/mol. The second-order valence-corrected chi connectivity index (χ2v) is 12.9. The summed E-state index contributed by atoms with van der Waals surface area (Å²) in [5.41, 5.74) is 6.24. The van der Waals surface area contributed by atoms with Crippen LogP contribution in [0, 0.1) is 5.92 Å². The van der Waals surface area contributed by atoms with Crippen molar-refractivity contribution in [3.05, 3.63) is 0 Å². The maximum Gasteiger partial charge on any atom is 0.409 e. The fraction of sp³-hybridized carbons (Fsp3) is 0.933. The second-order valence-electron chi connectivity index (χ2n) is 7.31. The van der Waals surface area contributed by atoms with Crippen LogP contribution in [0.1, 0.15) is 19.3 Å². The minimum atomic E-state index is -1.18. The van der Waals surface area contributed by atoms with Crippen LogP contribution in [-0.2, 0) is 9.47 Å². The van der Waals surface area contributed by atoms with Gasteiger partial charge in [-0.1, -0.05) is 19.6 Å². The quantitative estimate of drug-likeness (QED) is 0.733. The molecule has 0 aromatic rings. The van der Waals surface area contributed by atoms with Gasteiger partial charge in [0, 0.05) is 40.4 Å². The standard InChI is InChI=1S/C15H32N2O3Si/c1-19-15(18)17(7-9-21(2,3)4)11-14(16)10-13-6-5-8-20-12-13/h13-14H,5-12,16H2,1-4H3/t13-,14-/m0/s1. The van der Waals surface area contributed by atoms with E-state index < -0.39 is 8.07 Å². The molecule has 1 rings (SSSR count). The van der Waals surface area contributed by atoms with Gasteiger partial charge in [-0.05, 0) is 31.2 Å². The maximum atomic E-state index is 11.9. The molecule has 0 spiro atoms. The number of hydrogen-bond acceptors (Lipinski definition) is 4. The SMILES string of the molecule is COC(=O)N(CC[Si](C)(C)C)C[C@@H](N)C[C@@H]1CCCOC1. The summed E-state index contributed by atoms with van der Waals surface area (Å²) in [7, 11) is 0.253. The van der Waals surface area contributed by atoms with Crippen LogP contribution in [0.5, 0.6) is 0 Å². The molecule has 2 atom stereocenters. The highest BCUT2D eigenvalue weighted by molar-refractivity contribution is 6.76. The second kappa shape index (κ2) is 8.75. The van der Waals surface area contributed by atoms with Gasteiger partial charge in [0.15, 0.2) is 0 Å². The zero-order chi connectivity index (χ0) is 15.9. The van der Waals surface area contributed by atoms with Gasteiger partial charge in [0.05, 0.1) is 7.11 Å². The molecule has 2 N–H and O–H groups in total. The molecule has 21 heavy (non-hydrogen) atoms. The molecule has 0 saturated carbocycles. The van der Waals surface area contributed by atoms with Crippen molar-refractivity contribution in [1.82, 2.24) is 4.90 Å². The first-order chi connectivity index (χ1) is 9.81. The van der Waals surface area contributed by atoms with Crippen LogP contribution in [-0.4, -0.2) is 58.5 Å². The predicted octanol–water partition coefficient (Wildman–Crippen LogP) is 2.54. The third kappa shape index (κ3) is 7.83. The van der Waals surface area contributed by atoms with E-state index in [2.05, 4.69) is 19.6 Å². The normalized spacial score (nSPS) is 20.9. The Hall–Kier alpha value is -0.593. The summed E-state index contributed by atoms with van der Waals surface area (Å²) in [4.78, 5) is 13.7. The number of carbonyl (C=O) groups excluding carboxylic acids is 1. The molecule has 1 fully saturated rings. The first kappa shape index (κ1) is 18.5. The van der Waals surface area contributed by atoms with E-state index in [0.717, 1.165) is 38.6 Å². The summed E-state index contributed by atoms with van der Waals surface area (Å²) in [6.45, 7) is 9.92. The number of amides is 1. The maximum absolute atomic E-state index is 11.9. The van der Waals surface area contributed by atoms with E-state index in [1.807, 2.05) is 0 Å². The molecule has 0 aromatic carbocycles. The fourth-order valence-electron chi connectivity index (χ4n) is 2.64. The minimum Gasteiger partial charge on any atom is -0.453 e. The van der Waals surface area contributed by atoms with Crippen LogP contribution in [0.25, 0.3) is 0 Å². The van der Waals surface area contributed by atoms with Gasteiger partial charge in [0.2, 0.25) is 0 Å². The van der Waals surface area contributed by atoms with Gasteiger partial charge in [-0.2, -0.15) is 0 Å². The third-order valence-electron chi connectivity index (χ3n) is 3.91. The van der Waals surface area contributed by atoms with Gasteiger partial charge in [-0.15, -0.1) is 0 Å². The van der Waals surface area contributed by atoms with Crippen molar-refractivity contribution in [1.29, 1.82) is 0 Å². The van der Waals surface area contributed by atoms with Gasteiger partial charge < -0.3 is 20.1 Å². The van der Waals surface area contributed by atoms with Crippen molar-refractivity contribution >= 4 is 14.2 Å². The first-order valence-electron chi connectivity index (χ1n) is 7.98. The van der Waals surface area contributed by atoms with Gasteiger partial charge in [0.1, 0.15) is 0 Å². The lowest BCUT2D eigenvalue weighted by molar-refractivity contribution is 0.0472. The van der Waals surface area contributed by atoms with E-state index in [1.54, 1.807) is 4.90 Å². The van der Waals surface area contributed by atoms with E-state index in [1.165, 1.54) is 13.5 Å². The molecule has 0 aromatic heterocycles. The van der Waals surface area contributed by atoms with E-state index in [4.69, 9.17) is 15.2 Å². The average Bonchev–Trinajstić information content (AvgIpc) is 2.42. The van der Waals surface area contributed by atoms with Crippen LogP contribution >= 0.6 is 0 Å². The molecular formula is C15H32N2O3Si. The van der Waals surface area contributed by atoms with Crippen molar-refractivity contribution in [2.24, 2.45) is 11.7 Å². The summed E-state index contributed by atoms with van der Waals surface area (Å²) in [6, 6.07) is 1.07. The van der Waals surface area contributed by atoms with Crippen LogP contribution in [0.15, 0.2) is 0 Å². The number of methoxy groups -OCH3 is 1. The zero-order valence-corrected chi connectivity index (χ0v) is 15.1. The number of nitrogens with two attached hydrogens (primary N) is 1. The molecule has 1 aliphatic rings. The molecule has 1 aliphatic heterocycles. The van der Waals surface area contributed by atoms with Gasteiger partial charge in [0.25, 0.3) is 0 Å². The molecule has 124 valence electrons. The number of hydrogen-bond donors (Lipinski definition) is 1. The third-order valence-corrected chi connectivity index (χ3v) is 5.63. The molecule has 1 saturated heterocycles. The summed E-state index contributed by atoms with van der Waals surface area (Å²) in [6.07, 6.45) is 2.96. The molecule has 0 aliphatic carbocycles. The first-order valence-corrected chi connectivity index (χ1v) is 11.7. The number of carbonyl (C=O) groups is 1. The number of rotatable bonds is 7.